The normalized spacial score (nSPS) is 22.5. The van der Waals surface area contributed by atoms with Gasteiger partial charge in [-0.15, -0.1) is 0 Å². The number of aromatic nitrogens is 2. The van der Waals surface area contributed by atoms with Crippen molar-refractivity contribution in [2.24, 2.45) is 0 Å². The molecule has 2 aliphatic heterocycles. The van der Waals surface area contributed by atoms with Crippen LogP contribution in [0, 0.1) is 0 Å². The van der Waals surface area contributed by atoms with Crippen LogP contribution < -0.4 is 20.7 Å². The third-order valence-electron chi connectivity index (χ3n) is 8.45. The number of halogens is 3. The Morgan fingerprint density at radius 3 is 2.45 bits per heavy atom. The zero-order valence-corrected chi connectivity index (χ0v) is 25.3. The minimum atomic E-state index is -2.98. The highest BCUT2D eigenvalue weighted by molar-refractivity contribution is 7.70. The number of anilines is 4. The number of nitrogens with one attached hydrogen (secondary N) is 2. The monoisotopic (exact) mass is 617 g/mol. The van der Waals surface area contributed by atoms with Crippen molar-refractivity contribution in [3.63, 3.8) is 0 Å². The van der Waals surface area contributed by atoms with Crippen LogP contribution in [0.5, 0.6) is 5.75 Å². The maximum atomic E-state index is 13.0. The molecule has 2 unspecified atom stereocenters. The van der Waals surface area contributed by atoms with Crippen molar-refractivity contribution >= 4 is 47.2 Å². The van der Waals surface area contributed by atoms with Gasteiger partial charge in [-0.1, -0.05) is 17.7 Å². The number of ether oxygens (including phenoxy) is 2. The first-order valence-electron chi connectivity index (χ1n) is 14.3. The van der Waals surface area contributed by atoms with Crippen molar-refractivity contribution in [1.29, 1.82) is 0 Å². The topological polar surface area (TPSA) is 88.6 Å². The summed E-state index contributed by atoms with van der Waals surface area (Å²) in [5.74, 6) is 0.565. The third kappa shape index (κ3) is 6.42. The Bertz CT molecular complexity index is 1490. The Labute approximate surface area is 249 Å². The molecule has 3 heterocycles. The first-order valence-corrected chi connectivity index (χ1v) is 17.3. The van der Waals surface area contributed by atoms with Crippen molar-refractivity contribution in [2.45, 2.75) is 63.3 Å². The molecule has 2 bridgehead atoms. The van der Waals surface area contributed by atoms with Crippen molar-refractivity contribution < 1.29 is 22.8 Å². The summed E-state index contributed by atoms with van der Waals surface area (Å²) in [5.41, 5.74) is 4.05. The van der Waals surface area contributed by atoms with E-state index in [0.717, 1.165) is 38.2 Å². The highest BCUT2D eigenvalue weighted by Crippen LogP contribution is 2.41. The Morgan fingerprint density at radius 1 is 1.00 bits per heavy atom. The number of hydrogen-bond donors (Lipinski definition) is 2. The van der Waals surface area contributed by atoms with Crippen LogP contribution in [-0.2, 0) is 22.1 Å². The Kier molecular flexibility index (Phi) is 8.42. The molecule has 0 saturated carbocycles. The first-order chi connectivity index (χ1) is 20.1. The molecule has 0 amide bonds. The third-order valence-corrected chi connectivity index (χ3v) is 10.3. The lowest BCUT2D eigenvalue weighted by Gasteiger charge is -2.40. The lowest BCUT2D eigenvalue weighted by molar-refractivity contribution is -0.0497. The van der Waals surface area contributed by atoms with E-state index in [-0.39, 0.29) is 10.8 Å². The van der Waals surface area contributed by atoms with Gasteiger partial charge in [0.25, 0.3) is 0 Å². The van der Waals surface area contributed by atoms with Gasteiger partial charge in [-0.3, -0.25) is 4.90 Å². The molecule has 3 aliphatic rings. The van der Waals surface area contributed by atoms with Crippen LogP contribution >= 0.6 is 18.7 Å². The fraction of sp³-hybridized carbons (Fsp3) is 0.467. The SMILES string of the molecule is CP(C)(=O)c1cc(OC(F)F)ccc1Nc1nc(Nc2ccc3c(c2)CC[C@H](N2C4CCC2COC4)CC3)ncc1Cl. The predicted molar refractivity (Wildman–Crippen MR) is 162 cm³/mol. The molecular formula is C30H35ClF2N5O3P. The second-order valence-electron chi connectivity index (χ2n) is 11.6. The second kappa shape index (κ2) is 12.1. The number of aryl methyl sites for hydroxylation is 2. The Morgan fingerprint density at radius 2 is 1.74 bits per heavy atom. The number of alkyl halides is 2. The molecular weight excluding hydrogens is 583 g/mol. The summed E-state index contributed by atoms with van der Waals surface area (Å²) in [6, 6.07) is 12.4. The zero-order chi connectivity index (χ0) is 29.4. The summed E-state index contributed by atoms with van der Waals surface area (Å²) in [7, 11) is -2.88. The first kappa shape index (κ1) is 29.3. The summed E-state index contributed by atoms with van der Waals surface area (Å²) in [5, 5.41) is 7.01. The molecule has 3 atom stereocenters. The molecule has 0 radical (unpaired) electrons. The van der Waals surface area contributed by atoms with Crippen LogP contribution in [0.3, 0.4) is 0 Å². The number of nitrogens with zero attached hydrogens (tertiary/aromatic N) is 3. The van der Waals surface area contributed by atoms with Gasteiger partial charge >= 0.3 is 6.61 Å². The zero-order valence-electron chi connectivity index (χ0n) is 23.7. The summed E-state index contributed by atoms with van der Waals surface area (Å²) < 4.78 is 48.8. The second-order valence-corrected chi connectivity index (χ2v) is 15.2. The van der Waals surface area contributed by atoms with Crippen molar-refractivity contribution in [1.82, 2.24) is 14.9 Å². The summed E-state index contributed by atoms with van der Waals surface area (Å²) in [6.45, 7) is 1.85. The van der Waals surface area contributed by atoms with Crippen LogP contribution in [0.4, 0.5) is 31.9 Å². The quantitative estimate of drug-likeness (QED) is 0.217. The highest BCUT2D eigenvalue weighted by atomic mass is 35.5. The van der Waals surface area contributed by atoms with Gasteiger partial charge in [0.05, 0.1) is 25.1 Å². The molecule has 1 aromatic heterocycles. The van der Waals surface area contributed by atoms with Crippen LogP contribution in [-0.4, -0.2) is 66.1 Å². The van der Waals surface area contributed by atoms with Crippen LogP contribution in [0.25, 0.3) is 0 Å². The van der Waals surface area contributed by atoms with Crippen molar-refractivity contribution in [3.8, 4) is 5.75 Å². The molecule has 2 N–H and O–H groups in total. The largest absolute Gasteiger partial charge is 0.435 e. The number of benzene rings is 2. The van der Waals surface area contributed by atoms with E-state index in [4.69, 9.17) is 16.3 Å². The van der Waals surface area contributed by atoms with Gasteiger partial charge in [0.15, 0.2) is 5.82 Å². The van der Waals surface area contributed by atoms with Crippen molar-refractivity contribution in [2.75, 3.05) is 37.2 Å². The van der Waals surface area contributed by atoms with Gasteiger partial charge in [-0.25, -0.2) is 4.98 Å². The summed E-state index contributed by atoms with van der Waals surface area (Å²) >= 11 is 6.41. The number of rotatable bonds is 8. The number of fused-ring (bicyclic) bond motifs is 3. The number of morpholine rings is 1. The minimum absolute atomic E-state index is 0.0718. The van der Waals surface area contributed by atoms with E-state index in [0.29, 0.717) is 40.9 Å². The Balaban J connectivity index is 1.17. The number of hydrogen-bond acceptors (Lipinski definition) is 8. The summed E-state index contributed by atoms with van der Waals surface area (Å²) in [6.07, 6.45) is 8.36. The minimum Gasteiger partial charge on any atom is -0.435 e. The average molecular weight is 618 g/mol. The van der Waals surface area contributed by atoms with Gasteiger partial charge in [0.1, 0.15) is 17.9 Å². The maximum Gasteiger partial charge on any atom is 0.387 e. The molecule has 0 spiro atoms. The van der Waals surface area contributed by atoms with E-state index < -0.39 is 13.8 Å². The molecule has 12 heteroatoms. The standard InChI is InChI=1S/C30H35ClF2N5O3P/c1-42(2,39)27-14-24(41-29(32)33)11-12-26(27)36-28-25(31)15-34-30(37-28)35-20-6-3-18-4-7-21(8-5-19(18)13-20)38-22-9-10-23(38)17-40-16-22/h3,6,11-15,21-23,29H,4-5,7-10,16-17H2,1-2H3,(H2,34,35,36,37)/t21-,22?,23?/m1/s1. The molecule has 2 fully saturated rings. The average Bonchev–Trinajstić information content (AvgIpc) is 3.09. The molecule has 3 aromatic rings. The van der Waals surface area contributed by atoms with E-state index >= 15 is 0 Å². The van der Waals surface area contributed by atoms with Gasteiger partial charge < -0.3 is 24.7 Å². The molecule has 42 heavy (non-hydrogen) atoms. The van der Waals surface area contributed by atoms with Gasteiger partial charge in [0, 0.05) is 29.1 Å². The highest BCUT2D eigenvalue weighted by Gasteiger charge is 2.41. The van der Waals surface area contributed by atoms with Gasteiger partial charge in [-0.05, 0) is 93.3 Å². The Hall–Kier alpha value is -2.78. The molecule has 8 nitrogen and oxygen atoms in total. The molecule has 1 aliphatic carbocycles. The molecule has 2 aromatic carbocycles. The maximum absolute atomic E-state index is 13.0. The van der Waals surface area contributed by atoms with E-state index in [2.05, 4.69) is 42.4 Å². The summed E-state index contributed by atoms with van der Waals surface area (Å²) in [4.78, 5) is 11.7. The fourth-order valence-electron chi connectivity index (χ4n) is 6.53. The van der Waals surface area contributed by atoms with E-state index in [1.165, 1.54) is 54.8 Å². The molecule has 224 valence electrons. The lowest BCUT2D eigenvalue weighted by Crippen LogP contribution is -2.51. The molecule has 6 rings (SSSR count). The fourth-order valence-corrected chi connectivity index (χ4v) is 7.82. The van der Waals surface area contributed by atoms with E-state index in [1.54, 1.807) is 13.3 Å². The predicted octanol–water partition coefficient (Wildman–Crippen LogP) is 6.58. The molecule has 2 saturated heterocycles. The van der Waals surface area contributed by atoms with Crippen LogP contribution in [0.15, 0.2) is 42.6 Å². The van der Waals surface area contributed by atoms with Gasteiger partial charge in [-0.2, -0.15) is 13.8 Å². The van der Waals surface area contributed by atoms with Gasteiger partial charge in [0.2, 0.25) is 5.95 Å². The smallest absolute Gasteiger partial charge is 0.387 e. The van der Waals surface area contributed by atoms with Crippen LogP contribution in [0.1, 0.15) is 36.8 Å². The van der Waals surface area contributed by atoms with E-state index in [1.807, 2.05) is 6.07 Å². The van der Waals surface area contributed by atoms with Crippen LogP contribution in [0.2, 0.25) is 5.02 Å². The lowest BCUT2D eigenvalue weighted by atomic mass is 10.0. The van der Waals surface area contributed by atoms with Crippen molar-refractivity contribution in [3.05, 3.63) is 58.7 Å². The van der Waals surface area contributed by atoms with E-state index in [9.17, 15) is 13.3 Å².